The minimum atomic E-state index is -0.344. The second kappa shape index (κ2) is 5.84. The van der Waals surface area contributed by atoms with Gasteiger partial charge in [-0.25, -0.2) is 0 Å². The first-order valence-corrected chi connectivity index (χ1v) is 7.70. The zero-order chi connectivity index (χ0) is 14.1. The maximum Gasteiger partial charge on any atom is 0.0948 e. The summed E-state index contributed by atoms with van der Waals surface area (Å²) in [5.74, 6) is 1.15. The number of fused-ring (bicyclic) bond motifs is 1. The maximum atomic E-state index is 10.7. The SMILES string of the molecule is COCC1CCN(C2CC(C)c3ccccc3C2O)C1. The highest BCUT2D eigenvalue weighted by molar-refractivity contribution is 5.35. The molecule has 4 unspecified atom stereocenters. The summed E-state index contributed by atoms with van der Waals surface area (Å²) in [6.45, 7) is 5.26. The van der Waals surface area contributed by atoms with Crippen LogP contribution in [0, 0.1) is 5.92 Å². The van der Waals surface area contributed by atoms with Gasteiger partial charge in [0.05, 0.1) is 12.7 Å². The zero-order valence-electron chi connectivity index (χ0n) is 12.5. The minimum absolute atomic E-state index is 0.266. The van der Waals surface area contributed by atoms with Crippen LogP contribution < -0.4 is 0 Å². The highest BCUT2D eigenvalue weighted by atomic mass is 16.5. The van der Waals surface area contributed by atoms with Crippen LogP contribution >= 0.6 is 0 Å². The normalized spacial score (nSPS) is 34.1. The van der Waals surface area contributed by atoms with Crippen molar-refractivity contribution in [2.45, 2.75) is 37.8 Å². The Kier molecular flexibility index (Phi) is 4.11. The fraction of sp³-hybridized carbons (Fsp3) is 0.647. The van der Waals surface area contributed by atoms with Crippen LogP contribution in [0.3, 0.4) is 0 Å². The fourth-order valence-corrected chi connectivity index (χ4v) is 3.94. The molecule has 110 valence electrons. The molecule has 0 aromatic heterocycles. The van der Waals surface area contributed by atoms with Gasteiger partial charge in [0.15, 0.2) is 0 Å². The van der Waals surface area contributed by atoms with Gasteiger partial charge in [-0.3, -0.25) is 4.90 Å². The Bertz CT molecular complexity index is 462. The van der Waals surface area contributed by atoms with E-state index in [0.717, 1.165) is 31.7 Å². The molecule has 1 aliphatic carbocycles. The zero-order valence-corrected chi connectivity index (χ0v) is 12.5. The quantitative estimate of drug-likeness (QED) is 0.920. The highest BCUT2D eigenvalue weighted by Crippen LogP contribution is 2.40. The number of nitrogens with zero attached hydrogens (tertiary/aromatic N) is 1. The van der Waals surface area contributed by atoms with Gasteiger partial charge < -0.3 is 9.84 Å². The van der Waals surface area contributed by atoms with Crippen molar-refractivity contribution >= 4 is 0 Å². The van der Waals surface area contributed by atoms with Crippen LogP contribution in [0.1, 0.15) is 42.9 Å². The molecule has 1 fully saturated rings. The number of aliphatic hydroxyl groups excluding tert-OH is 1. The van der Waals surface area contributed by atoms with Crippen molar-refractivity contribution in [3.8, 4) is 0 Å². The third kappa shape index (κ3) is 2.50. The lowest BCUT2D eigenvalue weighted by Crippen LogP contribution is -2.42. The van der Waals surface area contributed by atoms with Gasteiger partial charge in [-0.15, -0.1) is 0 Å². The molecule has 3 rings (SSSR count). The molecule has 0 radical (unpaired) electrons. The molecule has 1 saturated heterocycles. The average Bonchev–Trinajstić information content (AvgIpc) is 2.92. The van der Waals surface area contributed by atoms with Crippen molar-refractivity contribution in [3.63, 3.8) is 0 Å². The topological polar surface area (TPSA) is 32.7 Å². The third-order valence-corrected chi connectivity index (χ3v) is 4.99. The standard InChI is InChI=1S/C17H25NO2/c1-12-9-16(18-8-7-13(10-18)11-20-2)17(19)15-6-4-3-5-14(12)15/h3-6,12-13,16-17,19H,7-11H2,1-2H3. The number of hydrogen-bond acceptors (Lipinski definition) is 3. The van der Waals surface area contributed by atoms with E-state index in [-0.39, 0.29) is 12.1 Å². The predicted octanol–water partition coefficient (Wildman–Crippen LogP) is 2.56. The Hall–Kier alpha value is -0.900. The Morgan fingerprint density at radius 3 is 2.80 bits per heavy atom. The van der Waals surface area contributed by atoms with Gasteiger partial charge in [0.1, 0.15) is 0 Å². The van der Waals surface area contributed by atoms with E-state index in [1.807, 2.05) is 6.07 Å². The summed E-state index contributed by atoms with van der Waals surface area (Å²) in [6.07, 6.45) is 1.90. The smallest absolute Gasteiger partial charge is 0.0948 e. The Labute approximate surface area is 121 Å². The van der Waals surface area contributed by atoms with Crippen LogP contribution in [0.2, 0.25) is 0 Å². The lowest BCUT2D eigenvalue weighted by Gasteiger charge is -2.39. The number of benzene rings is 1. The first-order valence-electron chi connectivity index (χ1n) is 7.70. The van der Waals surface area contributed by atoms with Crippen LogP contribution in [0.4, 0.5) is 0 Å². The van der Waals surface area contributed by atoms with E-state index in [0.29, 0.717) is 11.8 Å². The summed E-state index contributed by atoms with van der Waals surface area (Å²) in [7, 11) is 1.77. The molecular formula is C17H25NO2. The number of ether oxygens (including phenoxy) is 1. The molecule has 20 heavy (non-hydrogen) atoms. The van der Waals surface area contributed by atoms with E-state index >= 15 is 0 Å². The molecule has 0 bridgehead atoms. The van der Waals surface area contributed by atoms with Crippen molar-refractivity contribution in [3.05, 3.63) is 35.4 Å². The van der Waals surface area contributed by atoms with E-state index in [2.05, 4.69) is 30.0 Å². The van der Waals surface area contributed by atoms with E-state index in [1.165, 1.54) is 12.0 Å². The molecule has 1 N–H and O–H groups in total. The summed E-state index contributed by atoms with van der Waals surface area (Å²) >= 11 is 0. The number of aliphatic hydroxyl groups is 1. The van der Waals surface area contributed by atoms with Gasteiger partial charge >= 0.3 is 0 Å². The van der Waals surface area contributed by atoms with Crippen molar-refractivity contribution < 1.29 is 9.84 Å². The number of likely N-dealkylation sites (tertiary alicyclic amines) is 1. The molecule has 3 heteroatoms. The molecule has 1 aliphatic heterocycles. The Morgan fingerprint density at radius 2 is 2.05 bits per heavy atom. The van der Waals surface area contributed by atoms with Gasteiger partial charge in [0.2, 0.25) is 0 Å². The van der Waals surface area contributed by atoms with Gasteiger partial charge in [0, 0.05) is 19.7 Å². The first-order chi connectivity index (χ1) is 9.70. The van der Waals surface area contributed by atoms with E-state index in [1.54, 1.807) is 7.11 Å². The van der Waals surface area contributed by atoms with Gasteiger partial charge in [-0.1, -0.05) is 31.2 Å². The molecule has 0 saturated carbocycles. The van der Waals surface area contributed by atoms with Crippen LogP contribution in [0.15, 0.2) is 24.3 Å². The van der Waals surface area contributed by atoms with Crippen molar-refractivity contribution in [2.75, 3.05) is 26.8 Å². The van der Waals surface area contributed by atoms with E-state index in [9.17, 15) is 5.11 Å². The molecule has 0 amide bonds. The van der Waals surface area contributed by atoms with E-state index < -0.39 is 0 Å². The minimum Gasteiger partial charge on any atom is -0.387 e. The summed E-state index contributed by atoms with van der Waals surface area (Å²) in [5, 5.41) is 10.7. The van der Waals surface area contributed by atoms with Crippen LogP contribution in [-0.2, 0) is 4.74 Å². The third-order valence-electron chi connectivity index (χ3n) is 4.99. The number of methoxy groups -OCH3 is 1. The molecule has 2 aliphatic rings. The summed E-state index contributed by atoms with van der Waals surface area (Å²) in [6, 6.07) is 8.63. The molecule has 1 aromatic rings. The number of hydrogen-bond donors (Lipinski definition) is 1. The van der Waals surface area contributed by atoms with Crippen LogP contribution in [-0.4, -0.2) is 42.9 Å². The second-order valence-corrected chi connectivity index (χ2v) is 6.38. The summed E-state index contributed by atoms with van der Waals surface area (Å²) < 4.78 is 5.28. The van der Waals surface area contributed by atoms with Gasteiger partial charge in [0.25, 0.3) is 0 Å². The van der Waals surface area contributed by atoms with Crippen LogP contribution in [0.25, 0.3) is 0 Å². The summed E-state index contributed by atoms with van der Waals surface area (Å²) in [5.41, 5.74) is 2.45. The molecular weight excluding hydrogens is 250 g/mol. The Balaban J connectivity index is 1.76. The molecule has 3 nitrogen and oxygen atoms in total. The van der Waals surface area contributed by atoms with Gasteiger partial charge in [-0.05, 0) is 42.3 Å². The average molecular weight is 275 g/mol. The van der Waals surface area contributed by atoms with Crippen molar-refractivity contribution in [2.24, 2.45) is 5.92 Å². The molecule has 1 heterocycles. The fourth-order valence-electron chi connectivity index (χ4n) is 3.94. The maximum absolute atomic E-state index is 10.7. The monoisotopic (exact) mass is 275 g/mol. The lowest BCUT2D eigenvalue weighted by molar-refractivity contribution is 0.0391. The largest absolute Gasteiger partial charge is 0.387 e. The number of rotatable bonds is 3. The highest BCUT2D eigenvalue weighted by Gasteiger charge is 2.38. The molecule has 1 aromatic carbocycles. The van der Waals surface area contributed by atoms with Crippen molar-refractivity contribution in [1.29, 1.82) is 0 Å². The van der Waals surface area contributed by atoms with Gasteiger partial charge in [-0.2, -0.15) is 0 Å². The molecule has 0 spiro atoms. The van der Waals surface area contributed by atoms with Crippen LogP contribution in [0.5, 0.6) is 0 Å². The van der Waals surface area contributed by atoms with Crippen molar-refractivity contribution in [1.82, 2.24) is 4.90 Å². The summed E-state index contributed by atoms with van der Waals surface area (Å²) in [4.78, 5) is 2.47. The second-order valence-electron chi connectivity index (χ2n) is 6.38. The lowest BCUT2D eigenvalue weighted by atomic mass is 9.79. The first kappa shape index (κ1) is 14.1. The predicted molar refractivity (Wildman–Crippen MR) is 79.8 cm³/mol. The molecule has 4 atom stereocenters. The van der Waals surface area contributed by atoms with E-state index in [4.69, 9.17) is 4.74 Å². The Morgan fingerprint density at radius 1 is 1.30 bits per heavy atom.